The third-order valence-electron chi connectivity index (χ3n) is 5.29. The van der Waals surface area contributed by atoms with Crippen molar-refractivity contribution in [2.45, 2.75) is 57.2 Å². The normalized spacial score (nSPS) is 24.2. The van der Waals surface area contributed by atoms with Gasteiger partial charge in [0.2, 0.25) is 0 Å². The Morgan fingerprint density at radius 3 is 2.68 bits per heavy atom. The van der Waals surface area contributed by atoms with E-state index in [0.29, 0.717) is 11.6 Å². The fourth-order valence-corrected chi connectivity index (χ4v) is 3.99. The van der Waals surface area contributed by atoms with Gasteiger partial charge in [-0.25, -0.2) is 4.98 Å². The van der Waals surface area contributed by atoms with Crippen molar-refractivity contribution in [3.8, 4) is 0 Å². The van der Waals surface area contributed by atoms with Gasteiger partial charge in [-0.3, -0.25) is 4.90 Å². The highest BCUT2D eigenvalue weighted by Gasteiger charge is 2.38. The average Bonchev–Trinajstić information content (AvgIpc) is 3.08. The fourth-order valence-electron chi connectivity index (χ4n) is 3.99. The largest absolute Gasteiger partial charge is 0.379 e. The topological polar surface area (TPSA) is 42.3 Å². The minimum atomic E-state index is 0.352. The van der Waals surface area contributed by atoms with Crippen LogP contribution in [-0.2, 0) is 11.3 Å². The van der Waals surface area contributed by atoms with E-state index < -0.39 is 0 Å². The smallest absolute Gasteiger partial charge is 0.0946 e. The number of morpholine rings is 1. The Balaban J connectivity index is 1.57. The Bertz CT molecular complexity index is 422. The molecule has 1 atom stereocenters. The van der Waals surface area contributed by atoms with E-state index in [1.54, 1.807) is 0 Å². The molecule has 0 bridgehead atoms. The lowest BCUT2D eigenvalue weighted by molar-refractivity contribution is -0.0376. The highest BCUT2D eigenvalue weighted by atomic mass is 16.5. The first kappa shape index (κ1) is 16.0. The first-order valence-corrected chi connectivity index (χ1v) is 8.80. The molecule has 1 aliphatic heterocycles. The highest BCUT2D eigenvalue weighted by Crippen LogP contribution is 2.34. The average molecular weight is 306 g/mol. The molecular formula is C17H30N4O. The summed E-state index contributed by atoms with van der Waals surface area (Å²) in [6, 6.07) is 0.467. The van der Waals surface area contributed by atoms with Gasteiger partial charge in [-0.15, -0.1) is 0 Å². The lowest BCUT2D eigenvalue weighted by atomic mass is 9.79. The molecule has 0 amide bonds. The van der Waals surface area contributed by atoms with Crippen LogP contribution in [0, 0.1) is 0 Å². The van der Waals surface area contributed by atoms with Crippen LogP contribution in [0.4, 0.5) is 0 Å². The van der Waals surface area contributed by atoms with Crippen molar-refractivity contribution in [2.75, 3.05) is 32.8 Å². The zero-order valence-corrected chi connectivity index (χ0v) is 13.8. The van der Waals surface area contributed by atoms with E-state index in [2.05, 4.69) is 26.7 Å². The molecule has 1 N–H and O–H groups in total. The van der Waals surface area contributed by atoms with Crippen LogP contribution in [-0.4, -0.2) is 58.9 Å². The molecular weight excluding hydrogens is 276 g/mol. The van der Waals surface area contributed by atoms with Gasteiger partial charge in [0.25, 0.3) is 0 Å². The van der Waals surface area contributed by atoms with E-state index in [1.165, 1.54) is 32.1 Å². The minimum absolute atomic E-state index is 0.352. The van der Waals surface area contributed by atoms with E-state index in [4.69, 9.17) is 4.74 Å². The Hall–Kier alpha value is -0.910. The summed E-state index contributed by atoms with van der Waals surface area (Å²) >= 11 is 0. The summed E-state index contributed by atoms with van der Waals surface area (Å²) in [6.45, 7) is 8.34. The summed E-state index contributed by atoms with van der Waals surface area (Å²) in [5.41, 5.74) is 0.352. The molecule has 2 heterocycles. The van der Waals surface area contributed by atoms with Gasteiger partial charge in [0.15, 0.2) is 0 Å². The van der Waals surface area contributed by atoms with Crippen LogP contribution in [0.5, 0.6) is 0 Å². The lowest BCUT2D eigenvalue weighted by Crippen LogP contribution is -2.60. The van der Waals surface area contributed by atoms with Crippen molar-refractivity contribution < 1.29 is 4.74 Å². The molecule has 0 aromatic carbocycles. The number of ether oxygens (including phenoxy) is 1. The van der Waals surface area contributed by atoms with Gasteiger partial charge in [-0.2, -0.15) is 0 Å². The van der Waals surface area contributed by atoms with Crippen LogP contribution in [0.15, 0.2) is 18.7 Å². The first-order chi connectivity index (χ1) is 10.8. The summed E-state index contributed by atoms with van der Waals surface area (Å²) < 4.78 is 7.71. The van der Waals surface area contributed by atoms with Crippen LogP contribution in [0.2, 0.25) is 0 Å². The van der Waals surface area contributed by atoms with Crippen molar-refractivity contribution in [3.05, 3.63) is 18.7 Å². The maximum absolute atomic E-state index is 5.56. The van der Waals surface area contributed by atoms with Gasteiger partial charge in [0, 0.05) is 50.2 Å². The van der Waals surface area contributed by atoms with Crippen molar-refractivity contribution in [2.24, 2.45) is 0 Å². The van der Waals surface area contributed by atoms with Gasteiger partial charge in [0.1, 0.15) is 0 Å². The summed E-state index contributed by atoms with van der Waals surface area (Å²) in [7, 11) is 0. The van der Waals surface area contributed by atoms with Gasteiger partial charge < -0.3 is 14.6 Å². The molecule has 0 unspecified atom stereocenters. The van der Waals surface area contributed by atoms with E-state index >= 15 is 0 Å². The zero-order chi connectivity index (χ0) is 15.3. The maximum atomic E-state index is 5.56. The number of rotatable bonds is 6. The predicted octanol–water partition coefficient (Wildman–Crippen LogP) is 1.90. The lowest BCUT2D eigenvalue weighted by Gasteiger charge is -2.48. The number of hydrogen-bond donors (Lipinski definition) is 1. The highest BCUT2D eigenvalue weighted by molar-refractivity contribution is 4.96. The number of hydrogen-bond acceptors (Lipinski definition) is 4. The molecule has 3 rings (SSSR count). The van der Waals surface area contributed by atoms with E-state index in [-0.39, 0.29) is 0 Å². The molecule has 0 spiro atoms. The van der Waals surface area contributed by atoms with E-state index in [9.17, 15) is 0 Å². The number of aromatic nitrogens is 2. The SMILES string of the molecule is C[C@@H](Cn1ccnc1)NCC1(N2CCOCC2)CCCCC1. The minimum Gasteiger partial charge on any atom is -0.379 e. The standard InChI is InChI=1S/C17H30N4O/c1-16(13-20-8-7-18-15-20)19-14-17(5-3-2-4-6-17)21-9-11-22-12-10-21/h7-8,15-16,19H,2-6,9-14H2,1H3/t16-/m0/s1. The first-order valence-electron chi connectivity index (χ1n) is 8.80. The fraction of sp³-hybridized carbons (Fsp3) is 0.824. The van der Waals surface area contributed by atoms with Crippen molar-refractivity contribution in [1.82, 2.24) is 19.8 Å². The summed E-state index contributed by atoms with van der Waals surface area (Å²) in [5, 5.41) is 3.80. The Morgan fingerprint density at radius 2 is 2.00 bits per heavy atom. The van der Waals surface area contributed by atoms with E-state index in [1.807, 2.05) is 18.7 Å². The Labute approximate surface area is 134 Å². The van der Waals surface area contributed by atoms with E-state index in [0.717, 1.165) is 39.4 Å². The molecule has 2 aliphatic rings. The summed E-state index contributed by atoms with van der Waals surface area (Å²) in [5.74, 6) is 0. The summed E-state index contributed by atoms with van der Waals surface area (Å²) in [6.07, 6.45) is 12.6. The molecule has 0 radical (unpaired) electrons. The van der Waals surface area contributed by atoms with Crippen molar-refractivity contribution in [3.63, 3.8) is 0 Å². The van der Waals surface area contributed by atoms with Crippen LogP contribution in [0.3, 0.4) is 0 Å². The second kappa shape index (κ2) is 7.57. The number of nitrogens with one attached hydrogen (secondary N) is 1. The molecule has 124 valence electrons. The molecule has 22 heavy (non-hydrogen) atoms. The molecule has 1 aliphatic carbocycles. The Morgan fingerprint density at radius 1 is 1.23 bits per heavy atom. The van der Waals surface area contributed by atoms with Gasteiger partial charge in [-0.1, -0.05) is 19.3 Å². The maximum Gasteiger partial charge on any atom is 0.0946 e. The third kappa shape index (κ3) is 3.89. The third-order valence-corrected chi connectivity index (χ3v) is 5.29. The van der Waals surface area contributed by atoms with Crippen LogP contribution < -0.4 is 5.32 Å². The van der Waals surface area contributed by atoms with Gasteiger partial charge in [-0.05, 0) is 19.8 Å². The second-order valence-corrected chi connectivity index (χ2v) is 6.93. The predicted molar refractivity (Wildman–Crippen MR) is 87.9 cm³/mol. The zero-order valence-electron chi connectivity index (χ0n) is 13.8. The van der Waals surface area contributed by atoms with Crippen molar-refractivity contribution in [1.29, 1.82) is 0 Å². The monoisotopic (exact) mass is 306 g/mol. The number of nitrogens with zero attached hydrogens (tertiary/aromatic N) is 3. The molecule has 5 heteroatoms. The van der Waals surface area contributed by atoms with Crippen molar-refractivity contribution >= 4 is 0 Å². The number of imidazole rings is 1. The van der Waals surface area contributed by atoms with Crippen LogP contribution in [0.25, 0.3) is 0 Å². The molecule has 2 fully saturated rings. The van der Waals surface area contributed by atoms with Crippen LogP contribution >= 0.6 is 0 Å². The molecule has 1 aromatic rings. The Kier molecular flexibility index (Phi) is 5.50. The van der Waals surface area contributed by atoms with Gasteiger partial charge >= 0.3 is 0 Å². The van der Waals surface area contributed by atoms with Crippen LogP contribution in [0.1, 0.15) is 39.0 Å². The summed E-state index contributed by atoms with van der Waals surface area (Å²) in [4.78, 5) is 6.83. The molecule has 1 saturated heterocycles. The van der Waals surface area contributed by atoms with Gasteiger partial charge in [0.05, 0.1) is 19.5 Å². The molecule has 1 saturated carbocycles. The molecule has 5 nitrogen and oxygen atoms in total. The second-order valence-electron chi connectivity index (χ2n) is 6.93. The quantitative estimate of drug-likeness (QED) is 0.871. The molecule has 1 aromatic heterocycles.